The Morgan fingerprint density at radius 1 is 0.806 bits per heavy atom. The molecule has 0 saturated heterocycles. The van der Waals surface area contributed by atoms with Crippen LogP contribution < -0.4 is 10.5 Å². The maximum Gasteiger partial charge on any atom is 0.283 e. The first kappa shape index (κ1) is 17.6. The Kier molecular flexibility index (Phi) is 3.76. The Bertz CT molecular complexity index is 1230. The molecule has 2 N–H and O–H groups in total. The topological polar surface area (TPSA) is 95.5 Å². The van der Waals surface area contributed by atoms with Gasteiger partial charge < -0.3 is 15.2 Å². The second kappa shape index (κ2) is 6.63. The standard InChI is InChI=1S/C24H17N5O2/c25-23-29-24(14-30-23)18-9-15(16-3-1-7-26-11-16)5-6-21(18)31-22-13-28-20(10-19(22)24)17-4-2-8-27-12-17/h1-13H,14H2,(H2,25,29)/t24-/m0/s1. The molecule has 0 aliphatic carbocycles. The summed E-state index contributed by atoms with van der Waals surface area (Å²) in [7, 11) is 0. The van der Waals surface area contributed by atoms with Gasteiger partial charge in [0.1, 0.15) is 12.4 Å². The number of ether oxygens (including phenoxy) is 2. The first-order valence-corrected chi connectivity index (χ1v) is 9.85. The van der Waals surface area contributed by atoms with E-state index < -0.39 is 5.54 Å². The molecule has 31 heavy (non-hydrogen) atoms. The van der Waals surface area contributed by atoms with Crippen molar-refractivity contribution in [1.82, 2.24) is 15.0 Å². The van der Waals surface area contributed by atoms with Gasteiger partial charge in [-0.3, -0.25) is 15.0 Å². The number of benzene rings is 1. The zero-order chi connectivity index (χ0) is 20.8. The quantitative estimate of drug-likeness (QED) is 0.541. The third-order valence-electron chi connectivity index (χ3n) is 5.64. The first-order chi connectivity index (χ1) is 15.2. The maximum atomic E-state index is 6.22. The number of pyridine rings is 3. The molecule has 3 aromatic heterocycles. The SMILES string of the molecule is NC1=N[C@@]2(CO1)c1cc(-c3cccnc3)ccc1Oc1cnc(-c3cccnc3)cc12. The van der Waals surface area contributed by atoms with Gasteiger partial charge in [0.15, 0.2) is 11.3 Å². The predicted octanol–water partition coefficient (Wildman–Crippen LogP) is 3.90. The molecule has 4 aromatic rings. The van der Waals surface area contributed by atoms with Crippen LogP contribution in [0.3, 0.4) is 0 Å². The summed E-state index contributed by atoms with van der Waals surface area (Å²) in [5, 5.41) is 0. The van der Waals surface area contributed by atoms with Gasteiger partial charge in [0.25, 0.3) is 6.02 Å². The lowest BCUT2D eigenvalue weighted by Gasteiger charge is -2.33. The Morgan fingerprint density at radius 3 is 2.29 bits per heavy atom. The van der Waals surface area contributed by atoms with E-state index in [9.17, 15) is 0 Å². The molecule has 0 saturated carbocycles. The number of rotatable bonds is 2. The summed E-state index contributed by atoms with van der Waals surface area (Å²) in [5.74, 6) is 1.34. The molecule has 2 aliphatic rings. The molecule has 1 spiro atoms. The minimum absolute atomic E-state index is 0.158. The highest BCUT2D eigenvalue weighted by Gasteiger charge is 2.47. The molecule has 7 nitrogen and oxygen atoms in total. The fraction of sp³-hybridized carbons (Fsp3) is 0.0833. The Morgan fingerprint density at radius 2 is 1.58 bits per heavy atom. The van der Waals surface area contributed by atoms with E-state index in [1.807, 2.05) is 48.7 Å². The van der Waals surface area contributed by atoms with Crippen molar-refractivity contribution in [2.24, 2.45) is 10.7 Å². The summed E-state index contributed by atoms with van der Waals surface area (Å²) in [6.07, 6.45) is 8.83. The fourth-order valence-electron chi connectivity index (χ4n) is 4.15. The molecule has 150 valence electrons. The summed E-state index contributed by atoms with van der Waals surface area (Å²) in [6, 6.07) is 16.0. The second-order valence-corrected chi connectivity index (χ2v) is 7.46. The second-order valence-electron chi connectivity index (χ2n) is 7.46. The zero-order valence-electron chi connectivity index (χ0n) is 16.4. The number of fused-ring (bicyclic) bond motifs is 4. The van der Waals surface area contributed by atoms with Crippen molar-refractivity contribution in [3.63, 3.8) is 0 Å². The number of aliphatic imine (C=N–C) groups is 1. The molecule has 6 rings (SSSR count). The number of hydrogen-bond donors (Lipinski definition) is 1. The molecular weight excluding hydrogens is 390 g/mol. The molecule has 5 heterocycles. The summed E-state index contributed by atoms with van der Waals surface area (Å²) in [6.45, 7) is 0.287. The van der Waals surface area contributed by atoms with Gasteiger partial charge in [-0.2, -0.15) is 0 Å². The van der Waals surface area contributed by atoms with Gasteiger partial charge in [-0.1, -0.05) is 12.1 Å². The lowest BCUT2D eigenvalue weighted by Crippen LogP contribution is -2.31. The largest absolute Gasteiger partial charge is 0.462 e. The van der Waals surface area contributed by atoms with Crippen LogP contribution in [-0.2, 0) is 10.3 Å². The van der Waals surface area contributed by atoms with Crippen LogP contribution in [0, 0.1) is 0 Å². The Balaban J connectivity index is 1.56. The van der Waals surface area contributed by atoms with Gasteiger partial charge in [-0.25, -0.2) is 4.99 Å². The predicted molar refractivity (Wildman–Crippen MR) is 116 cm³/mol. The van der Waals surface area contributed by atoms with E-state index in [-0.39, 0.29) is 12.6 Å². The lowest BCUT2D eigenvalue weighted by molar-refractivity contribution is 0.264. The zero-order valence-corrected chi connectivity index (χ0v) is 16.4. The van der Waals surface area contributed by atoms with Crippen LogP contribution >= 0.6 is 0 Å². The lowest BCUT2D eigenvalue weighted by atomic mass is 9.80. The van der Waals surface area contributed by atoms with Crippen molar-refractivity contribution in [2.75, 3.05) is 6.61 Å². The third-order valence-corrected chi connectivity index (χ3v) is 5.64. The highest BCUT2D eigenvalue weighted by Crippen LogP contribution is 2.52. The molecule has 0 unspecified atom stereocenters. The highest BCUT2D eigenvalue weighted by molar-refractivity contribution is 5.78. The molecule has 7 heteroatoms. The molecule has 2 aliphatic heterocycles. The van der Waals surface area contributed by atoms with Gasteiger partial charge in [0.2, 0.25) is 0 Å². The number of nitrogens with zero attached hydrogens (tertiary/aromatic N) is 4. The van der Waals surface area contributed by atoms with E-state index in [0.29, 0.717) is 11.5 Å². The maximum absolute atomic E-state index is 6.22. The van der Waals surface area contributed by atoms with Crippen molar-refractivity contribution in [3.8, 4) is 33.9 Å². The van der Waals surface area contributed by atoms with Crippen molar-refractivity contribution in [1.29, 1.82) is 0 Å². The number of amidine groups is 1. The Labute approximate surface area is 178 Å². The number of hydrogen-bond acceptors (Lipinski definition) is 7. The Hall–Kier alpha value is -4.26. The van der Waals surface area contributed by atoms with Gasteiger partial charge in [-0.15, -0.1) is 0 Å². The normalized spacial score (nSPS) is 18.5. The van der Waals surface area contributed by atoms with E-state index in [4.69, 9.17) is 20.2 Å². The smallest absolute Gasteiger partial charge is 0.283 e. The highest BCUT2D eigenvalue weighted by atomic mass is 16.5. The van der Waals surface area contributed by atoms with E-state index in [0.717, 1.165) is 33.5 Å². The average Bonchev–Trinajstić information content (AvgIpc) is 3.22. The third kappa shape index (κ3) is 2.74. The van der Waals surface area contributed by atoms with Crippen LogP contribution in [0.5, 0.6) is 11.5 Å². The first-order valence-electron chi connectivity index (χ1n) is 9.85. The van der Waals surface area contributed by atoms with Crippen LogP contribution in [0.25, 0.3) is 22.4 Å². The molecule has 1 aromatic carbocycles. The van der Waals surface area contributed by atoms with Gasteiger partial charge in [-0.05, 0) is 42.0 Å². The van der Waals surface area contributed by atoms with Crippen LogP contribution in [-0.4, -0.2) is 27.6 Å². The molecule has 0 radical (unpaired) electrons. The summed E-state index contributed by atoms with van der Waals surface area (Å²) in [4.78, 5) is 17.8. The molecule has 0 bridgehead atoms. The summed E-state index contributed by atoms with van der Waals surface area (Å²) < 4.78 is 11.9. The molecular formula is C24H17N5O2. The summed E-state index contributed by atoms with van der Waals surface area (Å²) >= 11 is 0. The van der Waals surface area contributed by atoms with Gasteiger partial charge in [0, 0.05) is 47.0 Å². The van der Waals surface area contributed by atoms with E-state index in [2.05, 4.69) is 21.0 Å². The minimum Gasteiger partial charge on any atom is -0.462 e. The van der Waals surface area contributed by atoms with E-state index in [1.54, 1.807) is 24.8 Å². The molecule has 0 fully saturated rings. The van der Waals surface area contributed by atoms with Crippen LogP contribution in [0.1, 0.15) is 11.1 Å². The fourth-order valence-corrected chi connectivity index (χ4v) is 4.15. The van der Waals surface area contributed by atoms with Crippen LogP contribution in [0.15, 0.2) is 84.5 Å². The van der Waals surface area contributed by atoms with Crippen LogP contribution in [0.4, 0.5) is 0 Å². The van der Waals surface area contributed by atoms with Crippen molar-refractivity contribution in [3.05, 3.63) is 90.6 Å². The van der Waals surface area contributed by atoms with Crippen molar-refractivity contribution >= 4 is 6.02 Å². The van der Waals surface area contributed by atoms with Crippen molar-refractivity contribution in [2.45, 2.75) is 5.54 Å². The van der Waals surface area contributed by atoms with Gasteiger partial charge >= 0.3 is 0 Å². The number of aromatic nitrogens is 3. The average molecular weight is 407 g/mol. The van der Waals surface area contributed by atoms with Crippen molar-refractivity contribution < 1.29 is 9.47 Å². The number of nitrogens with two attached hydrogens (primary N) is 1. The minimum atomic E-state index is -0.814. The molecule has 0 amide bonds. The van der Waals surface area contributed by atoms with E-state index in [1.165, 1.54) is 0 Å². The van der Waals surface area contributed by atoms with Crippen LogP contribution in [0.2, 0.25) is 0 Å². The monoisotopic (exact) mass is 407 g/mol. The van der Waals surface area contributed by atoms with Gasteiger partial charge in [0.05, 0.1) is 11.9 Å². The molecule has 1 atom stereocenters. The van der Waals surface area contributed by atoms with E-state index >= 15 is 0 Å². The summed E-state index contributed by atoms with van der Waals surface area (Å²) in [5.41, 5.74) is 10.7.